The fourth-order valence-electron chi connectivity index (χ4n) is 2.42. The Morgan fingerprint density at radius 2 is 1.85 bits per heavy atom. The standard InChI is InChI=1S/C19H17N3O5/c1-11(17-21-15-5-3-2-4-14(15)18(24)22-17)27-19(25)12-6-8-13(9-7-12)26-10-16(20)23/h2-9,11H,10H2,1H3,(H2,20,23)(H,21,22,24). The maximum absolute atomic E-state index is 12.3. The number of esters is 1. The number of benzene rings is 2. The summed E-state index contributed by atoms with van der Waals surface area (Å²) in [7, 11) is 0. The van der Waals surface area contributed by atoms with Crippen LogP contribution in [0.4, 0.5) is 0 Å². The molecule has 2 aromatic carbocycles. The summed E-state index contributed by atoms with van der Waals surface area (Å²) in [6.07, 6.45) is -0.749. The van der Waals surface area contributed by atoms with Gasteiger partial charge in [0.2, 0.25) is 0 Å². The average molecular weight is 367 g/mol. The van der Waals surface area contributed by atoms with E-state index < -0.39 is 18.0 Å². The van der Waals surface area contributed by atoms with Crippen molar-refractivity contribution in [3.8, 4) is 5.75 Å². The van der Waals surface area contributed by atoms with Crippen LogP contribution >= 0.6 is 0 Å². The number of nitrogens with two attached hydrogens (primary N) is 1. The first-order chi connectivity index (χ1) is 12.9. The average Bonchev–Trinajstić information content (AvgIpc) is 2.66. The van der Waals surface area contributed by atoms with E-state index >= 15 is 0 Å². The molecule has 3 N–H and O–H groups in total. The van der Waals surface area contributed by atoms with E-state index in [2.05, 4.69) is 9.97 Å². The Kier molecular flexibility index (Phi) is 5.16. The molecule has 0 saturated heterocycles. The molecule has 8 heteroatoms. The van der Waals surface area contributed by atoms with Gasteiger partial charge >= 0.3 is 5.97 Å². The maximum atomic E-state index is 12.3. The summed E-state index contributed by atoms with van der Waals surface area (Å²) in [5.74, 6) is -0.517. The third-order valence-electron chi connectivity index (χ3n) is 3.77. The number of hydrogen-bond acceptors (Lipinski definition) is 6. The monoisotopic (exact) mass is 367 g/mol. The van der Waals surface area contributed by atoms with Crippen LogP contribution in [0, 0.1) is 0 Å². The van der Waals surface area contributed by atoms with E-state index in [9.17, 15) is 14.4 Å². The van der Waals surface area contributed by atoms with E-state index in [1.54, 1.807) is 31.2 Å². The number of H-pyrrole nitrogens is 1. The number of ether oxygens (including phenoxy) is 2. The number of nitrogens with zero attached hydrogens (tertiary/aromatic N) is 1. The minimum Gasteiger partial charge on any atom is -0.484 e. The minimum absolute atomic E-state index is 0.248. The Morgan fingerprint density at radius 1 is 1.15 bits per heavy atom. The maximum Gasteiger partial charge on any atom is 0.338 e. The summed E-state index contributed by atoms with van der Waals surface area (Å²) < 4.78 is 10.5. The fourth-order valence-corrected chi connectivity index (χ4v) is 2.42. The Bertz CT molecular complexity index is 1040. The van der Waals surface area contributed by atoms with Gasteiger partial charge in [-0.15, -0.1) is 0 Å². The highest BCUT2D eigenvalue weighted by atomic mass is 16.5. The van der Waals surface area contributed by atoms with Crippen molar-refractivity contribution in [1.82, 2.24) is 9.97 Å². The molecule has 0 fully saturated rings. The van der Waals surface area contributed by atoms with Crippen LogP contribution in [0.3, 0.4) is 0 Å². The first-order valence-corrected chi connectivity index (χ1v) is 8.15. The van der Waals surface area contributed by atoms with E-state index in [4.69, 9.17) is 15.2 Å². The Balaban J connectivity index is 1.72. The normalized spacial score (nSPS) is 11.7. The van der Waals surface area contributed by atoms with Gasteiger partial charge in [-0.3, -0.25) is 9.59 Å². The molecule has 0 spiro atoms. The molecule has 8 nitrogen and oxygen atoms in total. The van der Waals surface area contributed by atoms with Crippen LogP contribution in [0.1, 0.15) is 29.2 Å². The van der Waals surface area contributed by atoms with Crippen molar-refractivity contribution in [2.24, 2.45) is 5.73 Å². The summed E-state index contributed by atoms with van der Waals surface area (Å²) >= 11 is 0. The lowest BCUT2D eigenvalue weighted by atomic mass is 10.2. The van der Waals surface area contributed by atoms with Gasteiger partial charge in [0.25, 0.3) is 11.5 Å². The first kappa shape index (κ1) is 18.1. The molecule has 1 aromatic heterocycles. The number of aromatic nitrogens is 2. The molecule has 0 aliphatic heterocycles. The lowest BCUT2D eigenvalue weighted by Gasteiger charge is -2.13. The number of para-hydroxylation sites is 1. The zero-order valence-corrected chi connectivity index (χ0v) is 14.5. The number of nitrogens with one attached hydrogen (secondary N) is 1. The molecule has 0 saturated carbocycles. The van der Waals surface area contributed by atoms with Gasteiger partial charge < -0.3 is 20.2 Å². The van der Waals surface area contributed by atoms with Gasteiger partial charge in [0.05, 0.1) is 16.5 Å². The number of amides is 1. The number of primary amides is 1. The van der Waals surface area contributed by atoms with Crippen molar-refractivity contribution in [1.29, 1.82) is 0 Å². The zero-order valence-electron chi connectivity index (χ0n) is 14.5. The molecule has 0 aliphatic carbocycles. The second kappa shape index (κ2) is 7.69. The molecule has 27 heavy (non-hydrogen) atoms. The molecule has 1 heterocycles. The van der Waals surface area contributed by atoms with Crippen LogP contribution in [0.25, 0.3) is 10.9 Å². The molecule has 3 rings (SSSR count). The molecular formula is C19H17N3O5. The predicted octanol–water partition coefficient (Wildman–Crippen LogP) is 1.71. The minimum atomic E-state index is -0.749. The number of carbonyl (C=O) groups is 2. The molecule has 0 radical (unpaired) electrons. The summed E-state index contributed by atoms with van der Waals surface area (Å²) in [6.45, 7) is 1.37. The second-order valence-electron chi connectivity index (χ2n) is 5.80. The number of rotatable bonds is 6. The SMILES string of the molecule is CC(OC(=O)c1ccc(OCC(N)=O)cc1)c1nc2ccccc2c(=O)[nH]1. The van der Waals surface area contributed by atoms with Crippen LogP contribution in [0.5, 0.6) is 5.75 Å². The Morgan fingerprint density at radius 3 is 2.56 bits per heavy atom. The Hall–Kier alpha value is -3.68. The highest BCUT2D eigenvalue weighted by molar-refractivity contribution is 5.89. The van der Waals surface area contributed by atoms with Crippen molar-refractivity contribution in [3.63, 3.8) is 0 Å². The molecule has 1 unspecified atom stereocenters. The molecule has 1 amide bonds. The topological polar surface area (TPSA) is 124 Å². The quantitative estimate of drug-likeness (QED) is 0.639. The third kappa shape index (κ3) is 4.30. The molecule has 138 valence electrons. The number of hydrogen-bond donors (Lipinski definition) is 2. The van der Waals surface area contributed by atoms with Crippen molar-refractivity contribution >= 4 is 22.8 Å². The molecule has 3 aromatic rings. The van der Waals surface area contributed by atoms with Gasteiger partial charge in [-0.25, -0.2) is 9.78 Å². The van der Waals surface area contributed by atoms with Crippen molar-refractivity contribution in [3.05, 3.63) is 70.3 Å². The number of carbonyl (C=O) groups excluding carboxylic acids is 2. The summed E-state index contributed by atoms with van der Waals surface area (Å²) in [4.78, 5) is 42.1. The van der Waals surface area contributed by atoms with Crippen molar-refractivity contribution in [2.75, 3.05) is 6.61 Å². The number of aromatic amines is 1. The van der Waals surface area contributed by atoms with Gasteiger partial charge in [0, 0.05) is 0 Å². The van der Waals surface area contributed by atoms with Crippen LogP contribution < -0.4 is 16.0 Å². The van der Waals surface area contributed by atoms with Gasteiger partial charge in [0.1, 0.15) is 5.75 Å². The van der Waals surface area contributed by atoms with Gasteiger partial charge in [0.15, 0.2) is 18.5 Å². The second-order valence-corrected chi connectivity index (χ2v) is 5.80. The molecular weight excluding hydrogens is 350 g/mol. The van der Waals surface area contributed by atoms with Gasteiger partial charge in [-0.2, -0.15) is 0 Å². The predicted molar refractivity (Wildman–Crippen MR) is 97.3 cm³/mol. The van der Waals surface area contributed by atoms with E-state index in [-0.39, 0.29) is 23.6 Å². The molecule has 0 aliphatic rings. The zero-order chi connectivity index (χ0) is 19.4. The van der Waals surface area contributed by atoms with E-state index in [0.29, 0.717) is 16.7 Å². The van der Waals surface area contributed by atoms with Gasteiger partial charge in [-0.05, 0) is 43.3 Å². The van der Waals surface area contributed by atoms with E-state index in [0.717, 1.165) is 0 Å². The summed E-state index contributed by atoms with van der Waals surface area (Å²) in [5.41, 5.74) is 5.52. The van der Waals surface area contributed by atoms with E-state index in [1.807, 2.05) is 0 Å². The highest BCUT2D eigenvalue weighted by Crippen LogP contribution is 2.18. The molecule has 0 bridgehead atoms. The Labute approximate surface area is 153 Å². The highest BCUT2D eigenvalue weighted by Gasteiger charge is 2.17. The van der Waals surface area contributed by atoms with Gasteiger partial charge in [-0.1, -0.05) is 12.1 Å². The first-order valence-electron chi connectivity index (χ1n) is 8.15. The smallest absolute Gasteiger partial charge is 0.338 e. The summed E-state index contributed by atoms with van der Waals surface area (Å²) in [5, 5.41) is 0.464. The lowest BCUT2D eigenvalue weighted by molar-refractivity contribution is -0.119. The lowest BCUT2D eigenvalue weighted by Crippen LogP contribution is -2.20. The van der Waals surface area contributed by atoms with Crippen molar-refractivity contribution in [2.45, 2.75) is 13.0 Å². The molecule has 1 atom stereocenters. The van der Waals surface area contributed by atoms with Crippen LogP contribution in [-0.4, -0.2) is 28.5 Å². The van der Waals surface area contributed by atoms with Crippen LogP contribution in [-0.2, 0) is 9.53 Å². The van der Waals surface area contributed by atoms with Crippen molar-refractivity contribution < 1.29 is 19.1 Å². The van der Waals surface area contributed by atoms with Crippen LogP contribution in [0.2, 0.25) is 0 Å². The number of fused-ring (bicyclic) bond motifs is 1. The fraction of sp³-hybridized carbons (Fsp3) is 0.158. The third-order valence-corrected chi connectivity index (χ3v) is 3.77. The van der Waals surface area contributed by atoms with E-state index in [1.165, 1.54) is 24.3 Å². The summed E-state index contributed by atoms with van der Waals surface area (Å²) in [6, 6.07) is 13.0. The largest absolute Gasteiger partial charge is 0.484 e. The van der Waals surface area contributed by atoms with Crippen LogP contribution in [0.15, 0.2) is 53.3 Å².